The number of anilines is 1. The van der Waals surface area contributed by atoms with Gasteiger partial charge in [0, 0.05) is 37.6 Å². The molecule has 2 aromatic carbocycles. The second kappa shape index (κ2) is 12.8. The molecule has 0 radical (unpaired) electrons. The molecule has 1 fully saturated rings. The molecule has 42 heavy (non-hydrogen) atoms. The minimum Gasteiger partial charge on any atom is -0.493 e. The van der Waals surface area contributed by atoms with E-state index in [-0.39, 0.29) is 46.8 Å². The van der Waals surface area contributed by atoms with Crippen LogP contribution in [0.2, 0.25) is 10.0 Å². The molecule has 1 aromatic heterocycles. The van der Waals surface area contributed by atoms with Crippen LogP contribution in [0, 0.1) is 11.3 Å². The summed E-state index contributed by atoms with van der Waals surface area (Å²) in [5, 5.41) is 13.1. The third kappa shape index (κ3) is 6.09. The molecule has 0 bridgehead atoms. The number of benzene rings is 2. The SMILES string of the molecule is COc1ccc(CN2CCc3c(sc(NC(=O)c4cc(S(=O)(=O)N5CCOCC5)c(Cl)cc4Cl)c3C#N)C2)cc1OC. The third-order valence-electron chi connectivity index (χ3n) is 7.18. The second-order valence-corrected chi connectivity index (χ2v) is 13.5. The Kier molecular flexibility index (Phi) is 9.29. The van der Waals surface area contributed by atoms with Crippen molar-refractivity contribution in [3.05, 3.63) is 67.5 Å². The molecule has 2 aliphatic rings. The first-order chi connectivity index (χ1) is 20.2. The number of nitrogens with one attached hydrogen (secondary N) is 1. The summed E-state index contributed by atoms with van der Waals surface area (Å²) in [6.07, 6.45) is 0.640. The molecule has 0 unspecified atom stereocenters. The summed E-state index contributed by atoms with van der Waals surface area (Å²) < 4.78 is 43.8. The summed E-state index contributed by atoms with van der Waals surface area (Å²) in [5.41, 5.74) is 2.31. The summed E-state index contributed by atoms with van der Waals surface area (Å²) in [7, 11) is -0.789. The van der Waals surface area contributed by atoms with Crippen LogP contribution in [0.4, 0.5) is 5.00 Å². The maximum absolute atomic E-state index is 13.4. The highest BCUT2D eigenvalue weighted by atomic mass is 35.5. The summed E-state index contributed by atoms with van der Waals surface area (Å²) in [6.45, 7) is 2.89. The Morgan fingerprint density at radius 2 is 1.83 bits per heavy atom. The fourth-order valence-corrected chi connectivity index (χ4v) is 8.51. The molecule has 222 valence electrons. The number of ether oxygens (including phenoxy) is 3. The van der Waals surface area contributed by atoms with E-state index in [2.05, 4.69) is 16.3 Å². The molecule has 3 heterocycles. The first kappa shape index (κ1) is 30.6. The number of methoxy groups -OCH3 is 2. The van der Waals surface area contributed by atoms with E-state index in [4.69, 9.17) is 37.4 Å². The average Bonchev–Trinajstić information content (AvgIpc) is 3.33. The molecular weight excluding hydrogens is 623 g/mol. The van der Waals surface area contributed by atoms with E-state index in [0.717, 1.165) is 22.5 Å². The number of sulfonamides is 1. The molecule has 0 saturated carbocycles. The second-order valence-electron chi connectivity index (χ2n) is 9.70. The normalized spacial score (nSPS) is 16.0. The van der Waals surface area contributed by atoms with E-state index >= 15 is 0 Å². The number of nitriles is 1. The van der Waals surface area contributed by atoms with Crippen molar-refractivity contribution in [2.75, 3.05) is 52.4 Å². The fraction of sp³-hybridized carbons (Fsp3) is 0.357. The number of fused-ring (bicyclic) bond motifs is 1. The van der Waals surface area contributed by atoms with Gasteiger partial charge in [-0.15, -0.1) is 11.3 Å². The standard InChI is InChI=1S/C28H28Cl2N4O6S2/c1-38-23-4-3-17(11-24(23)39-2)15-33-6-5-18-20(14-31)28(41-25(18)16-33)32-27(35)19-12-26(22(30)13-21(19)29)42(36,37)34-7-9-40-10-8-34/h3-4,11-13H,5-10,15-16H2,1-2H3,(H,32,35). The van der Waals surface area contributed by atoms with Gasteiger partial charge in [-0.1, -0.05) is 29.3 Å². The highest BCUT2D eigenvalue weighted by molar-refractivity contribution is 7.89. The largest absolute Gasteiger partial charge is 0.493 e. The van der Waals surface area contributed by atoms with Crippen molar-refractivity contribution in [2.45, 2.75) is 24.4 Å². The minimum atomic E-state index is -3.98. The molecule has 0 atom stereocenters. The van der Waals surface area contributed by atoms with Gasteiger partial charge in [-0.25, -0.2) is 8.42 Å². The smallest absolute Gasteiger partial charge is 0.257 e. The van der Waals surface area contributed by atoms with Gasteiger partial charge in [0.1, 0.15) is 16.0 Å². The summed E-state index contributed by atoms with van der Waals surface area (Å²) in [4.78, 5) is 16.4. The van der Waals surface area contributed by atoms with E-state index in [9.17, 15) is 18.5 Å². The van der Waals surface area contributed by atoms with Crippen molar-refractivity contribution in [2.24, 2.45) is 0 Å². The fourth-order valence-electron chi connectivity index (χ4n) is 5.03. The van der Waals surface area contributed by atoms with E-state index in [1.807, 2.05) is 18.2 Å². The Hall–Kier alpha value is -2.89. The predicted octanol–water partition coefficient (Wildman–Crippen LogP) is 4.78. The molecule has 0 spiro atoms. The summed E-state index contributed by atoms with van der Waals surface area (Å²) in [5.74, 6) is 0.681. The van der Waals surface area contributed by atoms with Crippen LogP contribution in [0.1, 0.15) is 31.9 Å². The monoisotopic (exact) mass is 650 g/mol. The number of halogens is 2. The number of hydrogen-bond acceptors (Lipinski definition) is 9. The Morgan fingerprint density at radius 3 is 2.52 bits per heavy atom. The van der Waals surface area contributed by atoms with Gasteiger partial charge in [0.05, 0.1) is 48.6 Å². The quantitative estimate of drug-likeness (QED) is 0.370. The lowest BCUT2D eigenvalue weighted by Crippen LogP contribution is -2.40. The average molecular weight is 652 g/mol. The number of carbonyl (C=O) groups excluding carboxylic acids is 1. The Balaban J connectivity index is 1.36. The molecule has 1 amide bonds. The van der Waals surface area contributed by atoms with E-state index in [1.165, 1.54) is 27.8 Å². The van der Waals surface area contributed by atoms with Crippen LogP contribution < -0.4 is 14.8 Å². The molecule has 3 aromatic rings. The zero-order valence-electron chi connectivity index (χ0n) is 22.9. The van der Waals surface area contributed by atoms with E-state index in [1.54, 1.807) is 14.2 Å². The van der Waals surface area contributed by atoms with Crippen LogP contribution in [0.5, 0.6) is 11.5 Å². The van der Waals surface area contributed by atoms with Crippen LogP contribution in [-0.2, 0) is 34.3 Å². The summed E-state index contributed by atoms with van der Waals surface area (Å²) >= 11 is 14.0. The number of thiophene rings is 1. The van der Waals surface area contributed by atoms with Gasteiger partial charge in [0.25, 0.3) is 5.91 Å². The van der Waals surface area contributed by atoms with Crippen molar-refractivity contribution in [1.29, 1.82) is 5.26 Å². The van der Waals surface area contributed by atoms with Crippen LogP contribution in [-0.4, -0.2) is 70.6 Å². The topological polar surface area (TPSA) is 121 Å². The lowest BCUT2D eigenvalue weighted by molar-refractivity contribution is 0.0730. The van der Waals surface area contributed by atoms with Gasteiger partial charge in [-0.05, 0) is 41.8 Å². The van der Waals surface area contributed by atoms with Gasteiger partial charge in [0.2, 0.25) is 10.0 Å². The van der Waals surface area contributed by atoms with Gasteiger partial charge < -0.3 is 19.5 Å². The first-order valence-corrected chi connectivity index (χ1v) is 16.0. The Bertz CT molecular complexity index is 1670. The van der Waals surface area contributed by atoms with Crippen molar-refractivity contribution in [1.82, 2.24) is 9.21 Å². The Labute approximate surface area is 258 Å². The number of morpholine rings is 1. The molecular formula is C28H28Cl2N4O6S2. The first-order valence-electron chi connectivity index (χ1n) is 13.0. The van der Waals surface area contributed by atoms with Crippen LogP contribution >= 0.6 is 34.5 Å². The van der Waals surface area contributed by atoms with Crippen LogP contribution in [0.3, 0.4) is 0 Å². The Morgan fingerprint density at radius 1 is 1.10 bits per heavy atom. The number of carbonyl (C=O) groups is 1. The lowest BCUT2D eigenvalue weighted by atomic mass is 10.0. The predicted molar refractivity (Wildman–Crippen MR) is 160 cm³/mol. The van der Waals surface area contributed by atoms with Crippen LogP contribution in [0.25, 0.3) is 0 Å². The maximum Gasteiger partial charge on any atom is 0.257 e. The third-order valence-corrected chi connectivity index (χ3v) is 11.0. The van der Waals surface area contributed by atoms with Crippen molar-refractivity contribution in [3.8, 4) is 17.6 Å². The van der Waals surface area contributed by atoms with E-state index < -0.39 is 15.9 Å². The zero-order valence-corrected chi connectivity index (χ0v) is 26.1. The molecule has 5 rings (SSSR count). The number of amides is 1. The summed E-state index contributed by atoms with van der Waals surface area (Å²) in [6, 6.07) is 10.5. The number of rotatable bonds is 8. The molecule has 0 aliphatic carbocycles. The minimum absolute atomic E-state index is 0.000602. The molecule has 14 heteroatoms. The van der Waals surface area contributed by atoms with Crippen molar-refractivity contribution in [3.63, 3.8) is 0 Å². The lowest BCUT2D eigenvalue weighted by Gasteiger charge is -2.27. The van der Waals surface area contributed by atoms with E-state index in [0.29, 0.717) is 41.6 Å². The van der Waals surface area contributed by atoms with Crippen molar-refractivity contribution >= 4 is 55.5 Å². The van der Waals surface area contributed by atoms with Crippen LogP contribution in [0.15, 0.2) is 35.2 Å². The van der Waals surface area contributed by atoms with Crippen molar-refractivity contribution < 1.29 is 27.4 Å². The maximum atomic E-state index is 13.4. The molecule has 1 N–H and O–H groups in total. The number of hydrogen-bond donors (Lipinski definition) is 1. The molecule has 2 aliphatic heterocycles. The zero-order chi connectivity index (χ0) is 30.0. The van der Waals surface area contributed by atoms with Gasteiger partial charge in [0.15, 0.2) is 11.5 Å². The molecule has 10 nitrogen and oxygen atoms in total. The van der Waals surface area contributed by atoms with Gasteiger partial charge >= 0.3 is 0 Å². The number of nitrogens with zero attached hydrogens (tertiary/aromatic N) is 3. The highest BCUT2D eigenvalue weighted by Crippen LogP contribution is 2.38. The molecule has 1 saturated heterocycles. The van der Waals surface area contributed by atoms with Gasteiger partial charge in [-0.2, -0.15) is 9.57 Å². The van der Waals surface area contributed by atoms with Gasteiger partial charge in [-0.3, -0.25) is 9.69 Å². The highest BCUT2D eigenvalue weighted by Gasteiger charge is 2.31.